The third kappa shape index (κ3) is 4.51. The molecule has 0 bridgehead atoms. The van der Waals surface area contributed by atoms with Gasteiger partial charge in [-0.3, -0.25) is 9.59 Å². The molecule has 1 heterocycles. The number of rotatable bonds is 6. The van der Waals surface area contributed by atoms with Crippen LogP contribution in [0.25, 0.3) is 0 Å². The van der Waals surface area contributed by atoms with E-state index in [1.165, 1.54) is 19.2 Å². The number of nitrogens with one attached hydrogen (secondary N) is 2. The Balaban J connectivity index is 1.73. The molecule has 0 unspecified atom stereocenters. The molecule has 3 N–H and O–H groups in total. The largest absolute Gasteiger partial charge is 0.495 e. The Kier molecular flexibility index (Phi) is 5.98. The van der Waals surface area contributed by atoms with Crippen LogP contribution in [0.4, 0.5) is 11.4 Å². The smallest absolute Gasteiger partial charge is 0.371 e. The molecule has 0 saturated heterocycles. The van der Waals surface area contributed by atoms with E-state index in [4.69, 9.17) is 14.3 Å². The summed E-state index contributed by atoms with van der Waals surface area (Å²) >= 11 is 0. The maximum atomic E-state index is 12.5. The fourth-order valence-electron chi connectivity index (χ4n) is 3.25. The molecule has 28 heavy (non-hydrogen) atoms. The summed E-state index contributed by atoms with van der Waals surface area (Å²) in [5.74, 6) is -1.89. The van der Waals surface area contributed by atoms with Gasteiger partial charge in [-0.05, 0) is 43.2 Å². The van der Waals surface area contributed by atoms with Crippen molar-refractivity contribution in [3.63, 3.8) is 0 Å². The molecule has 148 valence electrons. The molecule has 0 aliphatic heterocycles. The number of aromatic carboxylic acids is 1. The van der Waals surface area contributed by atoms with Crippen LogP contribution in [0.2, 0.25) is 0 Å². The summed E-state index contributed by atoms with van der Waals surface area (Å²) in [7, 11) is 1.50. The van der Waals surface area contributed by atoms with Gasteiger partial charge in [-0.25, -0.2) is 4.79 Å². The van der Waals surface area contributed by atoms with Crippen molar-refractivity contribution in [2.75, 3.05) is 17.7 Å². The Morgan fingerprint density at radius 3 is 2.39 bits per heavy atom. The number of hydrogen-bond donors (Lipinski definition) is 3. The van der Waals surface area contributed by atoms with Gasteiger partial charge in [0.05, 0.1) is 12.8 Å². The Labute approximate surface area is 161 Å². The predicted molar refractivity (Wildman–Crippen MR) is 102 cm³/mol. The lowest BCUT2D eigenvalue weighted by atomic mass is 9.88. The number of methoxy groups -OCH3 is 1. The standard InChI is InChI=1S/C20H22N2O6/c1-27-15-8-7-13(21-19(24)16-9-10-17(28-16)20(25)26)11-14(15)22-18(23)12-5-3-2-4-6-12/h7-12H,2-6H2,1H3,(H,21,24)(H,22,23)(H,25,26). The van der Waals surface area contributed by atoms with Gasteiger partial charge in [-0.15, -0.1) is 0 Å². The van der Waals surface area contributed by atoms with Crippen LogP contribution in [0.3, 0.4) is 0 Å². The number of furan rings is 1. The van der Waals surface area contributed by atoms with Crippen molar-refractivity contribution in [3.8, 4) is 5.75 Å². The maximum Gasteiger partial charge on any atom is 0.371 e. The summed E-state index contributed by atoms with van der Waals surface area (Å²) in [5.41, 5.74) is 0.875. The van der Waals surface area contributed by atoms with Crippen LogP contribution in [-0.2, 0) is 4.79 Å². The minimum atomic E-state index is -1.25. The van der Waals surface area contributed by atoms with Gasteiger partial charge < -0.3 is 24.9 Å². The summed E-state index contributed by atoms with van der Waals surface area (Å²) in [4.78, 5) is 35.7. The molecule has 0 spiro atoms. The number of amides is 2. The van der Waals surface area contributed by atoms with Crippen molar-refractivity contribution in [3.05, 3.63) is 41.9 Å². The van der Waals surface area contributed by atoms with Crippen LogP contribution in [0, 0.1) is 5.92 Å². The third-order valence-electron chi connectivity index (χ3n) is 4.73. The van der Waals surface area contributed by atoms with Crippen LogP contribution in [0.5, 0.6) is 5.75 Å². The van der Waals surface area contributed by atoms with Gasteiger partial charge in [0, 0.05) is 11.6 Å². The number of hydrogen-bond acceptors (Lipinski definition) is 5. The molecule has 2 amide bonds. The number of carbonyl (C=O) groups excluding carboxylic acids is 2. The van der Waals surface area contributed by atoms with Crippen LogP contribution < -0.4 is 15.4 Å². The predicted octanol–water partition coefficient (Wildman–Crippen LogP) is 3.76. The highest BCUT2D eigenvalue weighted by molar-refractivity contribution is 6.03. The van der Waals surface area contributed by atoms with Gasteiger partial charge >= 0.3 is 5.97 Å². The van der Waals surface area contributed by atoms with E-state index in [0.29, 0.717) is 17.1 Å². The Hall–Kier alpha value is -3.29. The van der Waals surface area contributed by atoms with Gasteiger partial charge in [-0.2, -0.15) is 0 Å². The molecule has 0 atom stereocenters. The highest BCUT2D eigenvalue weighted by Crippen LogP contribution is 2.31. The second kappa shape index (κ2) is 8.60. The van der Waals surface area contributed by atoms with Gasteiger partial charge in [-0.1, -0.05) is 19.3 Å². The van der Waals surface area contributed by atoms with E-state index in [9.17, 15) is 14.4 Å². The zero-order valence-electron chi connectivity index (χ0n) is 15.5. The highest BCUT2D eigenvalue weighted by atomic mass is 16.5. The number of carboxylic acids is 1. The molecule has 8 heteroatoms. The Bertz CT molecular complexity index is 883. The summed E-state index contributed by atoms with van der Waals surface area (Å²) < 4.78 is 10.3. The molecule has 1 saturated carbocycles. The van der Waals surface area contributed by atoms with E-state index in [-0.39, 0.29) is 23.3 Å². The molecule has 1 aromatic carbocycles. The Morgan fingerprint density at radius 1 is 1.04 bits per heavy atom. The summed E-state index contributed by atoms with van der Waals surface area (Å²) in [6, 6.07) is 7.35. The fourth-order valence-corrected chi connectivity index (χ4v) is 3.25. The molecule has 1 fully saturated rings. The van der Waals surface area contributed by atoms with Crippen LogP contribution >= 0.6 is 0 Å². The zero-order chi connectivity index (χ0) is 20.1. The SMILES string of the molecule is COc1ccc(NC(=O)c2ccc(C(=O)O)o2)cc1NC(=O)C1CCCCC1. The first-order valence-electron chi connectivity index (χ1n) is 9.11. The van der Waals surface area contributed by atoms with Crippen molar-refractivity contribution < 1.29 is 28.6 Å². The number of carbonyl (C=O) groups is 3. The molecule has 3 rings (SSSR count). The van der Waals surface area contributed by atoms with Gasteiger partial charge in [0.1, 0.15) is 5.75 Å². The van der Waals surface area contributed by atoms with Crippen molar-refractivity contribution in [2.24, 2.45) is 5.92 Å². The molecule has 1 aliphatic rings. The maximum absolute atomic E-state index is 12.5. The molecular formula is C20H22N2O6. The van der Waals surface area contributed by atoms with Crippen molar-refractivity contribution >= 4 is 29.2 Å². The average Bonchev–Trinajstić information content (AvgIpc) is 3.20. The van der Waals surface area contributed by atoms with Gasteiger partial charge in [0.25, 0.3) is 5.91 Å². The molecule has 1 aliphatic carbocycles. The third-order valence-corrected chi connectivity index (χ3v) is 4.73. The molecule has 1 aromatic heterocycles. The van der Waals surface area contributed by atoms with E-state index in [1.54, 1.807) is 18.2 Å². The van der Waals surface area contributed by atoms with E-state index in [1.807, 2.05) is 0 Å². The monoisotopic (exact) mass is 386 g/mol. The summed E-state index contributed by atoms with van der Waals surface area (Å²) in [6.07, 6.45) is 4.99. The minimum absolute atomic E-state index is 0.0192. The molecular weight excluding hydrogens is 364 g/mol. The van der Waals surface area contributed by atoms with Crippen molar-refractivity contribution in [1.82, 2.24) is 0 Å². The Morgan fingerprint density at radius 2 is 1.75 bits per heavy atom. The normalized spacial score (nSPS) is 14.3. The first-order valence-corrected chi connectivity index (χ1v) is 9.11. The fraction of sp³-hybridized carbons (Fsp3) is 0.350. The van der Waals surface area contributed by atoms with E-state index >= 15 is 0 Å². The zero-order valence-corrected chi connectivity index (χ0v) is 15.5. The first-order chi connectivity index (χ1) is 13.5. The lowest BCUT2D eigenvalue weighted by Crippen LogP contribution is -2.25. The van der Waals surface area contributed by atoms with Crippen LogP contribution in [0.1, 0.15) is 53.2 Å². The van der Waals surface area contributed by atoms with Crippen LogP contribution in [-0.4, -0.2) is 30.0 Å². The second-order valence-electron chi connectivity index (χ2n) is 6.66. The van der Waals surface area contributed by atoms with Gasteiger partial charge in [0.2, 0.25) is 11.7 Å². The van der Waals surface area contributed by atoms with E-state index in [2.05, 4.69) is 10.6 Å². The van der Waals surface area contributed by atoms with E-state index in [0.717, 1.165) is 32.1 Å². The van der Waals surface area contributed by atoms with Crippen molar-refractivity contribution in [1.29, 1.82) is 0 Å². The summed E-state index contributed by atoms with van der Waals surface area (Å²) in [5, 5.41) is 14.4. The lowest BCUT2D eigenvalue weighted by Gasteiger charge is -2.21. The number of benzene rings is 1. The number of ether oxygens (including phenoxy) is 1. The second-order valence-corrected chi connectivity index (χ2v) is 6.66. The van der Waals surface area contributed by atoms with Crippen LogP contribution in [0.15, 0.2) is 34.7 Å². The van der Waals surface area contributed by atoms with E-state index < -0.39 is 11.9 Å². The quantitative estimate of drug-likeness (QED) is 0.696. The number of carboxylic acid groups (broad SMARTS) is 1. The topological polar surface area (TPSA) is 118 Å². The molecule has 2 aromatic rings. The first kappa shape index (κ1) is 19.5. The number of anilines is 2. The summed E-state index contributed by atoms with van der Waals surface area (Å²) in [6.45, 7) is 0. The average molecular weight is 386 g/mol. The lowest BCUT2D eigenvalue weighted by molar-refractivity contribution is -0.120. The van der Waals surface area contributed by atoms with Gasteiger partial charge in [0.15, 0.2) is 5.76 Å². The van der Waals surface area contributed by atoms with Crippen molar-refractivity contribution in [2.45, 2.75) is 32.1 Å². The minimum Gasteiger partial charge on any atom is -0.495 e. The molecule has 0 radical (unpaired) electrons. The molecule has 8 nitrogen and oxygen atoms in total. The highest BCUT2D eigenvalue weighted by Gasteiger charge is 2.22.